The van der Waals surface area contributed by atoms with Crippen LogP contribution in [0.2, 0.25) is 0 Å². The summed E-state index contributed by atoms with van der Waals surface area (Å²) in [6.07, 6.45) is 1.89. The highest BCUT2D eigenvalue weighted by Crippen LogP contribution is 2.17. The van der Waals surface area contributed by atoms with Crippen molar-refractivity contribution in [2.75, 3.05) is 5.32 Å². The van der Waals surface area contributed by atoms with Gasteiger partial charge in [-0.25, -0.2) is 0 Å². The van der Waals surface area contributed by atoms with Gasteiger partial charge in [-0.2, -0.15) is 0 Å². The van der Waals surface area contributed by atoms with Gasteiger partial charge in [0, 0.05) is 24.0 Å². The van der Waals surface area contributed by atoms with Crippen LogP contribution in [0.25, 0.3) is 5.57 Å². The van der Waals surface area contributed by atoms with Gasteiger partial charge in [-0.05, 0) is 30.2 Å². The number of anilines is 1. The molecule has 0 saturated heterocycles. The third-order valence-electron chi connectivity index (χ3n) is 2.76. The van der Waals surface area contributed by atoms with Crippen LogP contribution in [-0.2, 0) is 0 Å². The van der Waals surface area contributed by atoms with E-state index >= 15 is 0 Å². The van der Waals surface area contributed by atoms with E-state index in [1.165, 1.54) is 12.1 Å². The predicted molar refractivity (Wildman–Crippen MR) is 76.8 cm³/mol. The number of benzene rings is 2. The van der Waals surface area contributed by atoms with Gasteiger partial charge in [0.1, 0.15) is 0 Å². The fourth-order valence-corrected chi connectivity index (χ4v) is 1.66. The second-order valence-corrected chi connectivity index (χ2v) is 4.14. The lowest BCUT2D eigenvalue weighted by Crippen LogP contribution is -1.91. The first-order valence-corrected chi connectivity index (χ1v) is 5.90. The van der Waals surface area contributed by atoms with Crippen molar-refractivity contribution in [1.29, 1.82) is 0 Å². The van der Waals surface area contributed by atoms with Crippen LogP contribution in [0.1, 0.15) is 12.5 Å². The van der Waals surface area contributed by atoms with Crippen molar-refractivity contribution in [3.05, 3.63) is 76.5 Å². The number of rotatable bonds is 4. The quantitative estimate of drug-likeness (QED) is 0.661. The molecule has 0 aromatic heterocycles. The zero-order valence-electron chi connectivity index (χ0n) is 10.5. The zero-order valence-corrected chi connectivity index (χ0v) is 10.5. The second-order valence-electron chi connectivity index (χ2n) is 4.14. The summed E-state index contributed by atoms with van der Waals surface area (Å²) in [4.78, 5) is 10.1. The molecular weight excluding hydrogens is 240 g/mol. The maximum Gasteiger partial charge on any atom is 0.269 e. The molecule has 4 heteroatoms. The number of nitro groups is 1. The molecule has 2 aromatic carbocycles. The molecule has 0 amide bonds. The van der Waals surface area contributed by atoms with Crippen LogP contribution in [-0.4, -0.2) is 4.92 Å². The van der Waals surface area contributed by atoms with E-state index in [1.807, 2.05) is 43.5 Å². The summed E-state index contributed by atoms with van der Waals surface area (Å²) in [7, 11) is 0. The van der Waals surface area contributed by atoms with Crippen molar-refractivity contribution in [2.24, 2.45) is 0 Å². The summed E-state index contributed by atoms with van der Waals surface area (Å²) in [5, 5.41) is 13.7. The van der Waals surface area contributed by atoms with Gasteiger partial charge in [-0.3, -0.25) is 10.1 Å². The van der Waals surface area contributed by atoms with E-state index in [0.29, 0.717) is 0 Å². The standard InChI is InChI=1S/C15H14N2O2/c1-12(13-5-3-2-4-6-13)11-16-14-7-9-15(10-8-14)17(18)19/h2-11,16H,1H3/b12-11+. The Kier molecular flexibility index (Phi) is 3.93. The molecule has 96 valence electrons. The third kappa shape index (κ3) is 3.42. The summed E-state index contributed by atoms with van der Waals surface area (Å²) in [5.41, 5.74) is 3.14. The summed E-state index contributed by atoms with van der Waals surface area (Å²) in [5.74, 6) is 0. The fourth-order valence-electron chi connectivity index (χ4n) is 1.66. The van der Waals surface area contributed by atoms with Gasteiger partial charge in [-0.15, -0.1) is 0 Å². The number of allylic oxidation sites excluding steroid dienone is 1. The van der Waals surface area contributed by atoms with E-state index in [2.05, 4.69) is 5.32 Å². The molecule has 0 aliphatic rings. The Hall–Kier alpha value is -2.62. The molecule has 2 aromatic rings. The van der Waals surface area contributed by atoms with E-state index < -0.39 is 4.92 Å². The first kappa shape index (κ1) is 12.8. The topological polar surface area (TPSA) is 55.2 Å². The number of non-ortho nitro benzene ring substituents is 1. The molecule has 0 atom stereocenters. The second kappa shape index (κ2) is 5.82. The van der Waals surface area contributed by atoms with E-state index in [4.69, 9.17) is 0 Å². The normalized spacial score (nSPS) is 11.1. The Bertz CT molecular complexity index is 589. The Morgan fingerprint density at radius 2 is 1.74 bits per heavy atom. The van der Waals surface area contributed by atoms with Gasteiger partial charge in [0.25, 0.3) is 5.69 Å². The third-order valence-corrected chi connectivity index (χ3v) is 2.76. The van der Waals surface area contributed by atoms with Crippen LogP contribution in [0, 0.1) is 10.1 Å². The molecule has 4 nitrogen and oxygen atoms in total. The lowest BCUT2D eigenvalue weighted by atomic mass is 10.1. The monoisotopic (exact) mass is 254 g/mol. The number of hydrogen-bond donors (Lipinski definition) is 1. The van der Waals surface area contributed by atoms with Crippen LogP contribution >= 0.6 is 0 Å². The first-order chi connectivity index (χ1) is 9.16. The highest BCUT2D eigenvalue weighted by molar-refractivity contribution is 5.66. The minimum absolute atomic E-state index is 0.0920. The van der Waals surface area contributed by atoms with Crippen molar-refractivity contribution in [3.63, 3.8) is 0 Å². The average Bonchev–Trinajstić information content (AvgIpc) is 2.46. The molecule has 0 fully saturated rings. The van der Waals surface area contributed by atoms with Crippen molar-refractivity contribution < 1.29 is 4.92 Å². The van der Waals surface area contributed by atoms with E-state index in [1.54, 1.807) is 12.1 Å². The van der Waals surface area contributed by atoms with Gasteiger partial charge in [0.2, 0.25) is 0 Å². The molecule has 0 aliphatic carbocycles. The minimum atomic E-state index is -0.408. The number of nitrogens with one attached hydrogen (secondary N) is 1. The molecule has 19 heavy (non-hydrogen) atoms. The molecule has 0 unspecified atom stereocenters. The SMILES string of the molecule is C/C(=C\Nc1ccc([N+](=O)[O-])cc1)c1ccccc1. The van der Waals surface area contributed by atoms with Crippen LogP contribution in [0.4, 0.5) is 11.4 Å². The first-order valence-electron chi connectivity index (χ1n) is 5.90. The van der Waals surface area contributed by atoms with Gasteiger partial charge < -0.3 is 5.32 Å². The van der Waals surface area contributed by atoms with E-state index in [-0.39, 0.29) is 5.69 Å². The van der Waals surface area contributed by atoms with E-state index in [0.717, 1.165) is 16.8 Å². The molecule has 2 rings (SSSR count). The largest absolute Gasteiger partial charge is 0.361 e. The van der Waals surface area contributed by atoms with Gasteiger partial charge in [-0.1, -0.05) is 30.3 Å². The lowest BCUT2D eigenvalue weighted by molar-refractivity contribution is -0.384. The van der Waals surface area contributed by atoms with Crippen LogP contribution in [0.15, 0.2) is 60.8 Å². The summed E-state index contributed by atoms with van der Waals surface area (Å²) < 4.78 is 0. The summed E-state index contributed by atoms with van der Waals surface area (Å²) in [6, 6.07) is 16.3. The van der Waals surface area contributed by atoms with E-state index in [9.17, 15) is 10.1 Å². The van der Waals surface area contributed by atoms with Crippen LogP contribution in [0.3, 0.4) is 0 Å². The Morgan fingerprint density at radius 1 is 1.11 bits per heavy atom. The zero-order chi connectivity index (χ0) is 13.7. The summed E-state index contributed by atoms with van der Waals surface area (Å²) >= 11 is 0. The van der Waals surface area contributed by atoms with Gasteiger partial charge >= 0.3 is 0 Å². The Labute approximate surface area is 111 Å². The maximum atomic E-state index is 10.5. The molecule has 0 aliphatic heterocycles. The fraction of sp³-hybridized carbons (Fsp3) is 0.0667. The average molecular weight is 254 g/mol. The van der Waals surface area contributed by atoms with Crippen molar-refractivity contribution >= 4 is 16.9 Å². The highest BCUT2D eigenvalue weighted by Gasteiger charge is 2.02. The van der Waals surface area contributed by atoms with Crippen molar-refractivity contribution in [1.82, 2.24) is 0 Å². The molecule has 0 bridgehead atoms. The van der Waals surface area contributed by atoms with Gasteiger partial charge in [0.05, 0.1) is 4.92 Å². The molecule has 1 N–H and O–H groups in total. The van der Waals surface area contributed by atoms with Gasteiger partial charge in [0.15, 0.2) is 0 Å². The Balaban J connectivity index is 2.08. The molecule has 0 saturated carbocycles. The molecule has 0 radical (unpaired) electrons. The van der Waals surface area contributed by atoms with Crippen molar-refractivity contribution in [3.8, 4) is 0 Å². The van der Waals surface area contributed by atoms with Crippen LogP contribution < -0.4 is 5.32 Å². The number of nitrogens with zero attached hydrogens (tertiary/aromatic N) is 1. The highest BCUT2D eigenvalue weighted by atomic mass is 16.6. The predicted octanol–water partition coefficient (Wildman–Crippen LogP) is 4.07. The number of nitro benzene ring substituents is 1. The smallest absolute Gasteiger partial charge is 0.269 e. The molecule has 0 heterocycles. The summed E-state index contributed by atoms with van der Waals surface area (Å²) in [6.45, 7) is 2.01. The number of hydrogen-bond acceptors (Lipinski definition) is 3. The van der Waals surface area contributed by atoms with Crippen LogP contribution in [0.5, 0.6) is 0 Å². The molecular formula is C15H14N2O2. The Morgan fingerprint density at radius 3 is 2.32 bits per heavy atom. The lowest BCUT2D eigenvalue weighted by Gasteiger charge is -2.04. The van der Waals surface area contributed by atoms with Crippen molar-refractivity contribution in [2.45, 2.75) is 6.92 Å². The maximum absolute atomic E-state index is 10.5. The molecule has 0 spiro atoms. The minimum Gasteiger partial charge on any atom is -0.361 e.